The van der Waals surface area contributed by atoms with Crippen molar-refractivity contribution in [1.29, 1.82) is 0 Å². The topological polar surface area (TPSA) is 65.5 Å². The van der Waals surface area contributed by atoms with Gasteiger partial charge in [-0.3, -0.25) is 4.79 Å². The van der Waals surface area contributed by atoms with E-state index in [2.05, 4.69) is 59.1 Å². The van der Waals surface area contributed by atoms with E-state index in [0.717, 1.165) is 24.6 Å². The Hall–Kier alpha value is -2.09. The highest BCUT2D eigenvalue weighted by molar-refractivity contribution is 14.0. The number of halogens is 1. The van der Waals surface area contributed by atoms with Gasteiger partial charge < -0.3 is 16.0 Å². The predicted octanol–water partition coefficient (Wildman–Crippen LogP) is 4.69. The second-order valence-electron chi connectivity index (χ2n) is 8.29. The van der Waals surface area contributed by atoms with Gasteiger partial charge in [0.05, 0.1) is 6.54 Å². The Morgan fingerprint density at radius 2 is 1.73 bits per heavy atom. The molecule has 2 aromatic rings. The van der Waals surface area contributed by atoms with Crippen LogP contribution in [0.2, 0.25) is 0 Å². The Bertz CT molecular complexity index is 815. The van der Waals surface area contributed by atoms with Crippen molar-refractivity contribution in [3.8, 4) is 0 Å². The lowest BCUT2D eigenvalue weighted by molar-refractivity contribution is 0.0919. The molecule has 164 valence electrons. The Balaban J connectivity index is 0.00000450. The third-order valence-corrected chi connectivity index (χ3v) is 4.39. The monoisotopic (exact) mass is 522 g/mol. The maximum absolute atomic E-state index is 12.4. The van der Waals surface area contributed by atoms with Crippen LogP contribution in [0.5, 0.6) is 0 Å². The number of rotatable bonds is 7. The first kappa shape index (κ1) is 25.9. The number of carbonyl (C=O) groups excluding carboxylic acids is 1. The molecule has 1 amide bonds. The van der Waals surface area contributed by atoms with Crippen molar-refractivity contribution in [2.75, 3.05) is 13.1 Å². The molecule has 0 saturated heterocycles. The van der Waals surface area contributed by atoms with Crippen LogP contribution in [0.4, 0.5) is 0 Å². The zero-order valence-corrected chi connectivity index (χ0v) is 21.0. The van der Waals surface area contributed by atoms with E-state index < -0.39 is 0 Å². The first-order chi connectivity index (χ1) is 13.8. The van der Waals surface area contributed by atoms with E-state index in [0.29, 0.717) is 18.0 Å². The fourth-order valence-electron chi connectivity index (χ4n) is 2.88. The number of benzene rings is 2. The minimum Gasteiger partial charge on any atom is -0.357 e. The molecule has 6 heteroatoms. The molecule has 0 aliphatic carbocycles. The molecule has 0 spiro atoms. The lowest BCUT2D eigenvalue weighted by Gasteiger charge is -2.20. The van der Waals surface area contributed by atoms with Gasteiger partial charge in [-0.05, 0) is 56.9 Å². The van der Waals surface area contributed by atoms with Gasteiger partial charge in [0.25, 0.3) is 5.91 Å². The molecular weight excluding hydrogens is 487 g/mol. The molecule has 0 aromatic heterocycles. The molecule has 0 saturated carbocycles. The fourth-order valence-corrected chi connectivity index (χ4v) is 2.88. The van der Waals surface area contributed by atoms with Gasteiger partial charge in [0.1, 0.15) is 0 Å². The van der Waals surface area contributed by atoms with Gasteiger partial charge in [0.15, 0.2) is 5.96 Å². The largest absolute Gasteiger partial charge is 0.357 e. The summed E-state index contributed by atoms with van der Waals surface area (Å²) in [6.07, 6.45) is 0. The van der Waals surface area contributed by atoms with Crippen LogP contribution in [0.15, 0.2) is 59.6 Å². The molecule has 0 fully saturated rings. The smallest absolute Gasteiger partial charge is 0.251 e. The van der Waals surface area contributed by atoms with Crippen LogP contribution in [-0.4, -0.2) is 30.5 Å². The Morgan fingerprint density at radius 3 is 2.37 bits per heavy atom. The Labute approximate surface area is 198 Å². The highest BCUT2D eigenvalue weighted by Crippen LogP contribution is 2.13. The lowest BCUT2D eigenvalue weighted by Crippen LogP contribution is -2.40. The Kier molecular flexibility index (Phi) is 10.9. The molecule has 5 nitrogen and oxygen atoms in total. The number of hydrogen-bond donors (Lipinski definition) is 3. The van der Waals surface area contributed by atoms with Gasteiger partial charge in [-0.15, -0.1) is 24.0 Å². The molecule has 0 aliphatic rings. The fraction of sp³-hybridized carbons (Fsp3) is 0.417. The zero-order chi connectivity index (χ0) is 21.3. The van der Waals surface area contributed by atoms with Crippen LogP contribution in [0.25, 0.3) is 0 Å². The van der Waals surface area contributed by atoms with Crippen molar-refractivity contribution < 1.29 is 4.79 Å². The summed E-state index contributed by atoms with van der Waals surface area (Å²) in [5, 5.41) is 9.70. The summed E-state index contributed by atoms with van der Waals surface area (Å²) in [4.78, 5) is 17.1. The standard InChI is InChI=1S/C24H34N4O.HI/c1-6-25-23(26-16-18(2)20-12-8-7-9-13-20)27-17-19-11-10-14-21(15-19)22(29)28-24(3,4)5;/h7-15,18H,6,16-17H2,1-5H3,(H,28,29)(H2,25,26,27);1H. The molecular formula is C24H35IN4O. The van der Waals surface area contributed by atoms with Crippen LogP contribution in [0, 0.1) is 0 Å². The summed E-state index contributed by atoms with van der Waals surface area (Å²) in [5.74, 6) is 1.09. The van der Waals surface area contributed by atoms with Gasteiger partial charge in [-0.2, -0.15) is 0 Å². The summed E-state index contributed by atoms with van der Waals surface area (Å²) in [5.41, 5.74) is 2.69. The van der Waals surface area contributed by atoms with Gasteiger partial charge >= 0.3 is 0 Å². The molecule has 30 heavy (non-hydrogen) atoms. The Morgan fingerprint density at radius 1 is 1.03 bits per heavy atom. The molecule has 0 heterocycles. The minimum absolute atomic E-state index is 0. The third-order valence-electron chi connectivity index (χ3n) is 4.39. The normalized spacial score (nSPS) is 12.5. The van der Waals surface area contributed by atoms with Gasteiger partial charge in [-0.25, -0.2) is 4.99 Å². The quantitative estimate of drug-likeness (QED) is 0.281. The second-order valence-corrected chi connectivity index (χ2v) is 8.29. The van der Waals surface area contributed by atoms with Crippen LogP contribution in [-0.2, 0) is 6.54 Å². The summed E-state index contributed by atoms with van der Waals surface area (Å²) in [7, 11) is 0. The second kappa shape index (κ2) is 12.6. The molecule has 3 N–H and O–H groups in total. The average molecular weight is 522 g/mol. The van der Waals surface area contributed by atoms with E-state index in [4.69, 9.17) is 0 Å². The predicted molar refractivity (Wildman–Crippen MR) is 137 cm³/mol. The van der Waals surface area contributed by atoms with Gasteiger partial charge in [0, 0.05) is 24.2 Å². The molecule has 0 aliphatic heterocycles. The highest BCUT2D eigenvalue weighted by atomic mass is 127. The van der Waals surface area contributed by atoms with Crippen LogP contribution >= 0.6 is 24.0 Å². The van der Waals surface area contributed by atoms with Crippen LogP contribution in [0.1, 0.15) is 62.0 Å². The maximum Gasteiger partial charge on any atom is 0.251 e. The SMILES string of the molecule is CCNC(=NCc1cccc(C(=O)NC(C)(C)C)c1)NCC(C)c1ccccc1.I. The number of nitrogens with one attached hydrogen (secondary N) is 3. The van der Waals surface area contributed by atoms with Crippen molar-refractivity contribution in [1.82, 2.24) is 16.0 Å². The van der Waals surface area contributed by atoms with Gasteiger partial charge in [0.2, 0.25) is 0 Å². The molecule has 1 atom stereocenters. The maximum atomic E-state index is 12.4. The van der Waals surface area contributed by atoms with Crippen molar-refractivity contribution in [2.45, 2.75) is 52.6 Å². The third kappa shape index (κ3) is 9.15. The molecule has 0 radical (unpaired) electrons. The molecule has 2 aromatic carbocycles. The first-order valence-corrected chi connectivity index (χ1v) is 10.3. The summed E-state index contributed by atoms with van der Waals surface area (Å²) < 4.78 is 0. The van der Waals surface area contributed by atoms with E-state index in [9.17, 15) is 4.79 Å². The molecule has 1 unspecified atom stereocenters. The summed E-state index contributed by atoms with van der Waals surface area (Å²) in [6, 6.07) is 18.1. The van der Waals surface area contributed by atoms with Crippen molar-refractivity contribution in [3.05, 3.63) is 71.3 Å². The lowest BCUT2D eigenvalue weighted by atomic mass is 10.0. The number of aliphatic imine (C=N–C) groups is 1. The number of hydrogen-bond acceptors (Lipinski definition) is 2. The van der Waals surface area contributed by atoms with E-state index in [1.165, 1.54) is 5.56 Å². The van der Waals surface area contributed by atoms with Crippen molar-refractivity contribution in [2.24, 2.45) is 4.99 Å². The molecule has 2 rings (SSSR count). The van der Waals surface area contributed by atoms with E-state index in [1.54, 1.807) is 0 Å². The van der Waals surface area contributed by atoms with E-state index in [1.807, 2.05) is 51.1 Å². The van der Waals surface area contributed by atoms with Crippen molar-refractivity contribution in [3.63, 3.8) is 0 Å². The number of nitrogens with zero attached hydrogens (tertiary/aromatic N) is 1. The summed E-state index contributed by atoms with van der Waals surface area (Å²) >= 11 is 0. The van der Waals surface area contributed by atoms with Gasteiger partial charge in [-0.1, -0.05) is 49.4 Å². The zero-order valence-electron chi connectivity index (χ0n) is 18.7. The first-order valence-electron chi connectivity index (χ1n) is 10.3. The van der Waals surface area contributed by atoms with E-state index >= 15 is 0 Å². The van der Waals surface area contributed by atoms with Crippen LogP contribution < -0.4 is 16.0 Å². The highest BCUT2D eigenvalue weighted by Gasteiger charge is 2.15. The number of amides is 1. The molecule has 0 bridgehead atoms. The van der Waals surface area contributed by atoms with Crippen molar-refractivity contribution >= 4 is 35.8 Å². The average Bonchev–Trinajstić information content (AvgIpc) is 2.69. The summed E-state index contributed by atoms with van der Waals surface area (Å²) in [6.45, 7) is 12.3. The number of carbonyl (C=O) groups is 1. The van der Waals surface area contributed by atoms with E-state index in [-0.39, 0.29) is 35.4 Å². The minimum atomic E-state index is -0.261. The van der Waals surface area contributed by atoms with Crippen LogP contribution in [0.3, 0.4) is 0 Å². The number of guanidine groups is 1.